The molecule has 0 bridgehead atoms. The van der Waals surface area contributed by atoms with E-state index in [0.29, 0.717) is 12.2 Å². The fourth-order valence-corrected chi connectivity index (χ4v) is 1.28. The minimum Gasteiger partial charge on any atom is -1.00 e. The van der Waals surface area contributed by atoms with Crippen LogP contribution in [0.5, 0.6) is 0 Å². The Labute approximate surface area is 93.9 Å². The van der Waals surface area contributed by atoms with Gasteiger partial charge < -0.3 is 33.2 Å². The predicted octanol–water partition coefficient (Wildman–Crippen LogP) is -1.49. The molecule has 0 aromatic carbocycles. The molecule has 0 heterocycles. The van der Waals surface area contributed by atoms with E-state index in [1.165, 1.54) is 0 Å². The average molecular weight is 287 g/mol. The van der Waals surface area contributed by atoms with Crippen molar-refractivity contribution < 1.29 is 33.2 Å². The third-order valence-corrected chi connectivity index (χ3v) is 1.31. The van der Waals surface area contributed by atoms with E-state index in [1.807, 2.05) is 0 Å². The summed E-state index contributed by atoms with van der Waals surface area (Å²) in [7, 11) is 6.54. The van der Waals surface area contributed by atoms with Crippen LogP contribution < -0.4 is 24.0 Å². The molecular weight excluding hydrogens is 265 g/mol. The number of hydrogen-bond donors (Lipinski definition) is 0. The quantitative estimate of drug-likeness (QED) is 0.452. The van der Waals surface area contributed by atoms with Crippen molar-refractivity contribution in [1.29, 1.82) is 0 Å². The molecule has 0 fully saturated rings. The fraction of sp³-hybridized carbons (Fsp3) is 1.00. The van der Waals surface area contributed by atoms with E-state index in [9.17, 15) is 0 Å². The molecule has 0 aromatic heterocycles. The molecular formula is C9H22INO. The van der Waals surface area contributed by atoms with Gasteiger partial charge in [0.05, 0.1) is 27.2 Å². The van der Waals surface area contributed by atoms with Gasteiger partial charge in [-0.15, -0.1) is 0 Å². The molecule has 12 heavy (non-hydrogen) atoms. The monoisotopic (exact) mass is 287 g/mol. The number of rotatable bonds is 4. The summed E-state index contributed by atoms with van der Waals surface area (Å²) >= 11 is 0. The van der Waals surface area contributed by atoms with E-state index in [4.69, 9.17) is 4.74 Å². The molecule has 0 aliphatic heterocycles. The SMILES string of the molecule is CC(C)OC(C)C[N+](C)(C)C.[I-]. The maximum absolute atomic E-state index is 5.61. The van der Waals surface area contributed by atoms with E-state index >= 15 is 0 Å². The van der Waals surface area contributed by atoms with Crippen LogP contribution in [0.2, 0.25) is 0 Å². The lowest BCUT2D eigenvalue weighted by molar-refractivity contribution is -0.873. The van der Waals surface area contributed by atoms with Gasteiger partial charge in [-0.1, -0.05) is 0 Å². The number of ether oxygens (including phenoxy) is 1. The molecule has 0 saturated heterocycles. The molecule has 0 aliphatic rings. The maximum atomic E-state index is 5.61. The third-order valence-electron chi connectivity index (χ3n) is 1.31. The van der Waals surface area contributed by atoms with Crippen LogP contribution in [0, 0.1) is 0 Å². The van der Waals surface area contributed by atoms with Gasteiger partial charge in [-0.2, -0.15) is 0 Å². The topological polar surface area (TPSA) is 9.23 Å². The summed E-state index contributed by atoms with van der Waals surface area (Å²) in [4.78, 5) is 0. The van der Waals surface area contributed by atoms with Crippen molar-refractivity contribution in [1.82, 2.24) is 0 Å². The second-order valence-corrected chi connectivity index (χ2v) is 4.47. The van der Waals surface area contributed by atoms with E-state index in [-0.39, 0.29) is 24.0 Å². The van der Waals surface area contributed by atoms with E-state index in [0.717, 1.165) is 11.0 Å². The van der Waals surface area contributed by atoms with E-state index in [1.54, 1.807) is 0 Å². The summed E-state index contributed by atoms with van der Waals surface area (Å²) in [6.07, 6.45) is 0.701. The predicted molar refractivity (Wildman–Crippen MR) is 48.6 cm³/mol. The van der Waals surface area contributed by atoms with Crippen molar-refractivity contribution in [2.45, 2.75) is 33.0 Å². The normalized spacial score (nSPS) is 14.2. The molecule has 0 radical (unpaired) electrons. The van der Waals surface area contributed by atoms with Crippen LogP contribution in [-0.2, 0) is 4.74 Å². The van der Waals surface area contributed by atoms with Crippen molar-refractivity contribution in [2.24, 2.45) is 0 Å². The molecule has 2 nitrogen and oxygen atoms in total. The molecule has 76 valence electrons. The Morgan fingerprint density at radius 2 is 1.50 bits per heavy atom. The van der Waals surface area contributed by atoms with Crippen LogP contribution in [0.1, 0.15) is 20.8 Å². The van der Waals surface area contributed by atoms with Gasteiger partial charge in [-0.3, -0.25) is 0 Å². The zero-order valence-electron chi connectivity index (χ0n) is 9.10. The number of quaternary nitrogens is 1. The Morgan fingerprint density at radius 1 is 1.08 bits per heavy atom. The van der Waals surface area contributed by atoms with Crippen LogP contribution in [-0.4, -0.2) is 44.4 Å². The molecule has 0 spiro atoms. The highest BCUT2D eigenvalue weighted by atomic mass is 127. The highest BCUT2D eigenvalue weighted by Gasteiger charge is 2.14. The smallest absolute Gasteiger partial charge is 0.104 e. The second kappa shape index (κ2) is 6.16. The number of halogens is 1. The summed E-state index contributed by atoms with van der Waals surface area (Å²) in [5, 5.41) is 0. The molecule has 0 aliphatic carbocycles. The van der Waals surface area contributed by atoms with E-state index in [2.05, 4.69) is 41.9 Å². The Hall–Kier alpha value is 0.650. The molecule has 0 amide bonds. The summed E-state index contributed by atoms with van der Waals surface area (Å²) in [6.45, 7) is 7.35. The summed E-state index contributed by atoms with van der Waals surface area (Å²) in [5.41, 5.74) is 0. The minimum atomic E-state index is 0. The van der Waals surface area contributed by atoms with Gasteiger partial charge in [0.2, 0.25) is 0 Å². The van der Waals surface area contributed by atoms with Gasteiger partial charge in [0.25, 0.3) is 0 Å². The molecule has 0 rings (SSSR count). The molecule has 0 saturated carbocycles. The molecule has 0 N–H and O–H groups in total. The minimum absolute atomic E-state index is 0. The first-order chi connectivity index (χ1) is 4.81. The highest BCUT2D eigenvalue weighted by molar-refractivity contribution is 4.49. The van der Waals surface area contributed by atoms with Crippen LogP contribution in [0.15, 0.2) is 0 Å². The van der Waals surface area contributed by atoms with Gasteiger partial charge in [-0.25, -0.2) is 0 Å². The van der Waals surface area contributed by atoms with Gasteiger partial charge in [0, 0.05) is 0 Å². The number of nitrogens with zero attached hydrogens (tertiary/aromatic N) is 1. The zero-order valence-corrected chi connectivity index (χ0v) is 11.3. The first-order valence-corrected chi connectivity index (χ1v) is 4.27. The lowest BCUT2D eigenvalue weighted by Crippen LogP contribution is -3.00. The van der Waals surface area contributed by atoms with Crippen molar-refractivity contribution in [3.8, 4) is 0 Å². The van der Waals surface area contributed by atoms with E-state index < -0.39 is 0 Å². The Bertz CT molecular complexity index is 110. The Morgan fingerprint density at radius 3 is 1.75 bits per heavy atom. The Kier molecular flexibility index (Phi) is 7.77. The molecule has 1 atom stereocenters. The number of likely N-dealkylation sites (N-methyl/N-ethyl adjacent to an activating group) is 1. The van der Waals surface area contributed by atoms with Crippen LogP contribution in [0.25, 0.3) is 0 Å². The Balaban J connectivity index is 0. The van der Waals surface area contributed by atoms with Crippen LogP contribution in [0.3, 0.4) is 0 Å². The third kappa shape index (κ3) is 10.7. The summed E-state index contributed by atoms with van der Waals surface area (Å²) in [5.74, 6) is 0. The first kappa shape index (κ1) is 15.1. The lowest BCUT2D eigenvalue weighted by atomic mass is 10.3. The first-order valence-electron chi connectivity index (χ1n) is 4.27. The van der Waals surface area contributed by atoms with Gasteiger partial charge in [-0.05, 0) is 20.8 Å². The van der Waals surface area contributed by atoms with Gasteiger partial charge in [0.15, 0.2) is 0 Å². The standard InChI is InChI=1S/C9H22NO.HI/c1-8(2)11-9(3)7-10(4,5)6;/h8-9H,7H2,1-6H3;1H/q+1;/p-1. The molecule has 0 aromatic rings. The highest BCUT2D eigenvalue weighted by Crippen LogP contribution is 2.01. The fourth-order valence-electron chi connectivity index (χ4n) is 1.28. The van der Waals surface area contributed by atoms with Gasteiger partial charge in [0.1, 0.15) is 12.6 Å². The largest absolute Gasteiger partial charge is 1.00 e. The van der Waals surface area contributed by atoms with Gasteiger partial charge >= 0.3 is 0 Å². The maximum Gasteiger partial charge on any atom is 0.104 e. The average Bonchev–Trinajstić information content (AvgIpc) is 1.53. The van der Waals surface area contributed by atoms with Crippen molar-refractivity contribution in [3.05, 3.63) is 0 Å². The zero-order chi connectivity index (χ0) is 9.07. The van der Waals surface area contributed by atoms with Crippen molar-refractivity contribution >= 4 is 0 Å². The second-order valence-electron chi connectivity index (χ2n) is 4.47. The number of hydrogen-bond acceptors (Lipinski definition) is 1. The lowest BCUT2D eigenvalue weighted by Gasteiger charge is -2.28. The van der Waals surface area contributed by atoms with Crippen molar-refractivity contribution in [3.63, 3.8) is 0 Å². The van der Waals surface area contributed by atoms with Crippen LogP contribution in [0.4, 0.5) is 0 Å². The summed E-state index contributed by atoms with van der Waals surface area (Å²) in [6, 6.07) is 0. The van der Waals surface area contributed by atoms with Crippen molar-refractivity contribution in [2.75, 3.05) is 27.7 Å². The molecule has 3 heteroatoms. The summed E-state index contributed by atoms with van der Waals surface area (Å²) < 4.78 is 6.58. The molecule has 1 unspecified atom stereocenters. The van der Waals surface area contributed by atoms with Crippen LogP contribution >= 0.6 is 0 Å².